The second kappa shape index (κ2) is 9.53. The first-order valence-corrected chi connectivity index (χ1v) is 9.67. The summed E-state index contributed by atoms with van der Waals surface area (Å²) >= 11 is 0. The number of nitrogens with zero attached hydrogens (tertiary/aromatic N) is 2. The van der Waals surface area contributed by atoms with Crippen molar-refractivity contribution in [1.82, 2.24) is 9.80 Å². The standard InChI is InChI=1S/C22H29N3O2/c1-3-27-17-20-11-7-8-12-21(20)23-22(26)25-14-13-24(15-18(25)2)16-19-9-5-4-6-10-19/h4-12,18H,3,13-17H2,1-2H3,(H,23,26)/t18-/m1/s1. The first-order valence-electron chi connectivity index (χ1n) is 9.67. The van der Waals surface area contributed by atoms with E-state index in [2.05, 4.69) is 41.4 Å². The van der Waals surface area contributed by atoms with Crippen molar-refractivity contribution in [3.63, 3.8) is 0 Å². The number of amides is 2. The van der Waals surface area contributed by atoms with E-state index in [1.165, 1.54) is 5.56 Å². The Balaban J connectivity index is 1.57. The van der Waals surface area contributed by atoms with E-state index in [-0.39, 0.29) is 12.1 Å². The largest absolute Gasteiger partial charge is 0.377 e. The van der Waals surface area contributed by atoms with Crippen LogP contribution in [0.2, 0.25) is 0 Å². The number of para-hydroxylation sites is 1. The van der Waals surface area contributed by atoms with Crippen LogP contribution in [-0.4, -0.2) is 48.1 Å². The van der Waals surface area contributed by atoms with Gasteiger partial charge in [0.05, 0.1) is 6.61 Å². The van der Waals surface area contributed by atoms with Gasteiger partial charge in [0.1, 0.15) is 0 Å². The highest BCUT2D eigenvalue weighted by Crippen LogP contribution is 2.19. The van der Waals surface area contributed by atoms with Crippen LogP contribution in [0, 0.1) is 0 Å². The van der Waals surface area contributed by atoms with Crippen molar-refractivity contribution < 1.29 is 9.53 Å². The molecule has 1 heterocycles. The number of nitrogens with one attached hydrogen (secondary N) is 1. The van der Waals surface area contributed by atoms with Crippen molar-refractivity contribution in [1.29, 1.82) is 0 Å². The van der Waals surface area contributed by atoms with Crippen molar-refractivity contribution in [3.8, 4) is 0 Å². The molecule has 2 amide bonds. The summed E-state index contributed by atoms with van der Waals surface area (Å²) in [5.74, 6) is 0. The summed E-state index contributed by atoms with van der Waals surface area (Å²) in [6.45, 7) is 8.66. The summed E-state index contributed by atoms with van der Waals surface area (Å²) in [6.07, 6.45) is 0. The maximum absolute atomic E-state index is 12.8. The van der Waals surface area contributed by atoms with Crippen LogP contribution in [0.3, 0.4) is 0 Å². The van der Waals surface area contributed by atoms with E-state index in [4.69, 9.17) is 4.74 Å². The molecule has 0 radical (unpaired) electrons. The monoisotopic (exact) mass is 367 g/mol. The second-order valence-electron chi connectivity index (χ2n) is 6.99. The molecule has 0 unspecified atom stereocenters. The molecule has 1 N–H and O–H groups in total. The zero-order chi connectivity index (χ0) is 19.1. The zero-order valence-electron chi connectivity index (χ0n) is 16.2. The molecule has 1 aliphatic rings. The molecule has 1 aliphatic heterocycles. The molecule has 1 saturated heterocycles. The van der Waals surface area contributed by atoms with Gasteiger partial charge in [0.2, 0.25) is 0 Å². The molecule has 0 saturated carbocycles. The maximum Gasteiger partial charge on any atom is 0.322 e. The van der Waals surface area contributed by atoms with Crippen LogP contribution >= 0.6 is 0 Å². The van der Waals surface area contributed by atoms with E-state index >= 15 is 0 Å². The maximum atomic E-state index is 12.8. The Morgan fingerprint density at radius 2 is 1.85 bits per heavy atom. The quantitative estimate of drug-likeness (QED) is 0.840. The Bertz CT molecular complexity index is 735. The molecule has 1 atom stereocenters. The molecule has 1 fully saturated rings. The fraction of sp³-hybridized carbons (Fsp3) is 0.409. The number of rotatable bonds is 6. The summed E-state index contributed by atoms with van der Waals surface area (Å²) < 4.78 is 5.51. The number of anilines is 1. The Labute approximate surface area is 161 Å². The lowest BCUT2D eigenvalue weighted by molar-refractivity contribution is 0.104. The molecule has 144 valence electrons. The Morgan fingerprint density at radius 3 is 2.59 bits per heavy atom. The number of carbonyl (C=O) groups excluding carboxylic acids is 1. The molecular weight excluding hydrogens is 338 g/mol. The molecule has 27 heavy (non-hydrogen) atoms. The van der Waals surface area contributed by atoms with Crippen LogP contribution in [0.5, 0.6) is 0 Å². The average Bonchev–Trinajstić information content (AvgIpc) is 2.68. The molecule has 0 bridgehead atoms. The van der Waals surface area contributed by atoms with E-state index in [1.807, 2.05) is 42.2 Å². The van der Waals surface area contributed by atoms with E-state index in [0.29, 0.717) is 13.2 Å². The highest BCUT2D eigenvalue weighted by Gasteiger charge is 2.27. The van der Waals surface area contributed by atoms with E-state index < -0.39 is 0 Å². The van der Waals surface area contributed by atoms with Gasteiger partial charge in [-0.25, -0.2) is 4.79 Å². The zero-order valence-corrected chi connectivity index (χ0v) is 16.2. The third-order valence-corrected chi connectivity index (χ3v) is 4.94. The summed E-state index contributed by atoms with van der Waals surface area (Å²) in [4.78, 5) is 17.2. The van der Waals surface area contributed by atoms with E-state index in [1.54, 1.807) is 0 Å². The summed E-state index contributed by atoms with van der Waals surface area (Å²) in [5.41, 5.74) is 3.14. The van der Waals surface area contributed by atoms with Gasteiger partial charge >= 0.3 is 6.03 Å². The summed E-state index contributed by atoms with van der Waals surface area (Å²) in [7, 11) is 0. The minimum absolute atomic E-state index is 0.0363. The Morgan fingerprint density at radius 1 is 1.11 bits per heavy atom. The fourth-order valence-electron chi connectivity index (χ4n) is 3.49. The minimum atomic E-state index is -0.0363. The van der Waals surface area contributed by atoms with Crippen molar-refractivity contribution in [3.05, 3.63) is 65.7 Å². The average molecular weight is 367 g/mol. The van der Waals surface area contributed by atoms with Crippen LogP contribution in [-0.2, 0) is 17.9 Å². The third kappa shape index (κ3) is 5.31. The minimum Gasteiger partial charge on any atom is -0.377 e. The highest BCUT2D eigenvalue weighted by atomic mass is 16.5. The van der Waals surface area contributed by atoms with Crippen molar-refractivity contribution in [2.45, 2.75) is 33.0 Å². The third-order valence-electron chi connectivity index (χ3n) is 4.94. The number of piperazine rings is 1. The normalized spacial score (nSPS) is 17.7. The smallest absolute Gasteiger partial charge is 0.322 e. The van der Waals surface area contributed by atoms with Crippen LogP contribution in [0.25, 0.3) is 0 Å². The van der Waals surface area contributed by atoms with Crippen LogP contribution in [0.15, 0.2) is 54.6 Å². The van der Waals surface area contributed by atoms with Gasteiger partial charge in [0.25, 0.3) is 0 Å². The van der Waals surface area contributed by atoms with Gasteiger partial charge in [-0.1, -0.05) is 48.5 Å². The van der Waals surface area contributed by atoms with Gasteiger partial charge in [-0.05, 0) is 25.5 Å². The molecule has 2 aromatic rings. The lowest BCUT2D eigenvalue weighted by atomic mass is 10.1. The number of hydrogen-bond acceptors (Lipinski definition) is 3. The first-order chi connectivity index (χ1) is 13.2. The predicted molar refractivity (Wildman–Crippen MR) is 109 cm³/mol. The number of hydrogen-bond donors (Lipinski definition) is 1. The van der Waals surface area contributed by atoms with Crippen molar-refractivity contribution in [2.75, 3.05) is 31.6 Å². The molecule has 0 spiro atoms. The molecule has 0 aromatic heterocycles. The highest BCUT2D eigenvalue weighted by molar-refractivity contribution is 5.90. The van der Waals surface area contributed by atoms with Gasteiger partial charge in [0, 0.05) is 50.1 Å². The Kier molecular flexibility index (Phi) is 6.85. The summed E-state index contributed by atoms with van der Waals surface area (Å²) in [6, 6.07) is 18.4. The molecular formula is C22H29N3O2. The SMILES string of the molecule is CCOCc1ccccc1NC(=O)N1CCN(Cc2ccccc2)C[C@H]1C. The van der Waals surface area contributed by atoms with Gasteiger partial charge in [-0.2, -0.15) is 0 Å². The van der Waals surface area contributed by atoms with Crippen LogP contribution < -0.4 is 5.32 Å². The number of urea groups is 1. The van der Waals surface area contributed by atoms with Crippen LogP contribution in [0.1, 0.15) is 25.0 Å². The first kappa shape index (κ1) is 19.4. The molecule has 0 aliphatic carbocycles. The molecule has 5 heteroatoms. The second-order valence-corrected chi connectivity index (χ2v) is 6.99. The van der Waals surface area contributed by atoms with Gasteiger partial charge in [-0.3, -0.25) is 4.90 Å². The van der Waals surface area contributed by atoms with E-state index in [0.717, 1.165) is 37.4 Å². The molecule has 3 rings (SSSR count). The topological polar surface area (TPSA) is 44.8 Å². The van der Waals surface area contributed by atoms with Crippen molar-refractivity contribution in [2.24, 2.45) is 0 Å². The van der Waals surface area contributed by atoms with Gasteiger partial charge < -0.3 is 15.0 Å². The van der Waals surface area contributed by atoms with Crippen molar-refractivity contribution >= 4 is 11.7 Å². The molecule has 2 aromatic carbocycles. The number of ether oxygens (including phenoxy) is 1. The lowest BCUT2D eigenvalue weighted by Crippen LogP contribution is -2.54. The van der Waals surface area contributed by atoms with Gasteiger partial charge in [-0.15, -0.1) is 0 Å². The molecule has 5 nitrogen and oxygen atoms in total. The number of benzene rings is 2. The lowest BCUT2D eigenvalue weighted by Gasteiger charge is -2.39. The predicted octanol–water partition coefficient (Wildman–Crippen LogP) is 3.96. The fourth-order valence-corrected chi connectivity index (χ4v) is 3.49. The Hall–Kier alpha value is -2.37. The van der Waals surface area contributed by atoms with Gasteiger partial charge in [0.15, 0.2) is 0 Å². The summed E-state index contributed by atoms with van der Waals surface area (Å²) in [5, 5.41) is 3.07. The van der Waals surface area contributed by atoms with E-state index in [9.17, 15) is 4.79 Å². The van der Waals surface area contributed by atoms with Crippen LogP contribution in [0.4, 0.5) is 10.5 Å². The number of carbonyl (C=O) groups is 1.